The van der Waals surface area contributed by atoms with E-state index >= 15 is 0 Å². The molecule has 0 saturated heterocycles. The average Bonchev–Trinajstić information content (AvgIpc) is 2.36. The van der Waals surface area contributed by atoms with Gasteiger partial charge in [0.25, 0.3) is 0 Å². The summed E-state index contributed by atoms with van der Waals surface area (Å²) in [6, 6.07) is -0.204. The van der Waals surface area contributed by atoms with E-state index in [-0.39, 0.29) is 17.7 Å². The summed E-state index contributed by atoms with van der Waals surface area (Å²) in [5.41, 5.74) is 0. The Morgan fingerprint density at radius 1 is 1.10 bits per heavy atom. The predicted octanol–water partition coefficient (Wildman–Crippen LogP) is 1.48. The molecule has 0 aliphatic heterocycles. The molecule has 7 heteroatoms. The molecule has 20 heavy (non-hydrogen) atoms. The number of carboxylic acid groups (broad SMARTS) is 1. The molecule has 6 nitrogen and oxygen atoms in total. The topological polar surface area (TPSA) is 95.5 Å². The second-order valence-electron chi connectivity index (χ2n) is 4.84. The van der Waals surface area contributed by atoms with Crippen LogP contribution in [0.2, 0.25) is 0 Å². The second kappa shape index (κ2) is 11.7. The first-order chi connectivity index (χ1) is 9.43. The number of unbranched alkanes of at least 4 members (excludes halogenated alkanes) is 3. The van der Waals surface area contributed by atoms with Crippen LogP contribution in [-0.4, -0.2) is 45.9 Å². The van der Waals surface area contributed by atoms with Gasteiger partial charge in [0.05, 0.1) is 0 Å². The van der Waals surface area contributed by atoms with Crippen molar-refractivity contribution < 1.29 is 18.9 Å². The van der Waals surface area contributed by atoms with Gasteiger partial charge in [-0.1, -0.05) is 19.8 Å². The molecule has 118 valence electrons. The van der Waals surface area contributed by atoms with Gasteiger partial charge in [-0.2, -0.15) is 0 Å². The molecule has 0 fully saturated rings. The summed E-state index contributed by atoms with van der Waals surface area (Å²) in [4.78, 5) is 21.7. The fourth-order valence-electron chi connectivity index (χ4n) is 1.57. The molecule has 0 bridgehead atoms. The molecule has 0 heterocycles. The number of hydrogen-bond donors (Lipinski definition) is 3. The van der Waals surface area contributed by atoms with E-state index in [9.17, 15) is 13.8 Å². The zero-order valence-corrected chi connectivity index (χ0v) is 13.1. The summed E-state index contributed by atoms with van der Waals surface area (Å²) < 4.78 is 11.1. The van der Waals surface area contributed by atoms with Crippen molar-refractivity contribution in [2.24, 2.45) is 0 Å². The van der Waals surface area contributed by atoms with Crippen LogP contribution in [0.1, 0.15) is 45.4 Å². The largest absolute Gasteiger partial charge is 0.481 e. The average molecular weight is 306 g/mol. The standard InChI is InChI=1S/C13H26N2O4S/c1-11(20(2)19)8-10-15-13(18)14-9-6-4-3-5-7-12(16)17/h11H,3-10H2,1-2H3,(H,16,17)(H2,14,15,18). The molecule has 0 aromatic rings. The summed E-state index contributed by atoms with van der Waals surface area (Å²) in [6.07, 6.45) is 5.90. The number of urea groups is 1. The molecule has 2 amide bonds. The first-order valence-corrected chi connectivity index (χ1v) is 8.61. The smallest absolute Gasteiger partial charge is 0.314 e. The van der Waals surface area contributed by atoms with Crippen molar-refractivity contribution in [1.29, 1.82) is 0 Å². The molecule has 0 rings (SSSR count). The minimum Gasteiger partial charge on any atom is -0.481 e. The molecule has 0 radical (unpaired) electrons. The molecular formula is C13H26N2O4S. The Morgan fingerprint density at radius 3 is 2.30 bits per heavy atom. The molecule has 2 unspecified atom stereocenters. The number of carboxylic acids is 1. The van der Waals surface area contributed by atoms with Crippen molar-refractivity contribution in [2.75, 3.05) is 19.3 Å². The van der Waals surface area contributed by atoms with Crippen LogP contribution in [0.3, 0.4) is 0 Å². The van der Waals surface area contributed by atoms with Crippen molar-refractivity contribution in [3.63, 3.8) is 0 Å². The van der Waals surface area contributed by atoms with Crippen LogP contribution in [0, 0.1) is 0 Å². The van der Waals surface area contributed by atoms with Crippen molar-refractivity contribution in [3.05, 3.63) is 0 Å². The SMILES string of the molecule is CC(CCNC(=O)NCCCCCCC(=O)O)S(C)=O. The predicted molar refractivity (Wildman–Crippen MR) is 80.3 cm³/mol. The van der Waals surface area contributed by atoms with Crippen LogP contribution in [0.25, 0.3) is 0 Å². The van der Waals surface area contributed by atoms with Crippen LogP contribution >= 0.6 is 0 Å². The maximum Gasteiger partial charge on any atom is 0.314 e. The van der Waals surface area contributed by atoms with Crippen molar-refractivity contribution in [1.82, 2.24) is 10.6 Å². The molecule has 3 N–H and O–H groups in total. The zero-order valence-electron chi connectivity index (χ0n) is 12.3. The van der Waals surface area contributed by atoms with Crippen LogP contribution in [-0.2, 0) is 15.6 Å². The van der Waals surface area contributed by atoms with Crippen LogP contribution in [0.5, 0.6) is 0 Å². The van der Waals surface area contributed by atoms with E-state index in [4.69, 9.17) is 5.11 Å². The molecule has 0 saturated carbocycles. The highest BCUT2D eigenvalue weighted by Crippen LogP contribution is 2.02. The number of amides is 2. The van der Waals surface area contributed by atoms with Gasteiger partial charge in [0.15, 0.2) is 0 Å². The third kappa shape index (κ3) is 12.0. The van der Waals surface area contributed by atoms with Gasteiger partial charge in [0, 0.05) is 41.8 Å². The van der Waals surface area contributed by atoms with Gasteiger partial charge >= 0.3 is 12.0 Å². The molecule has 0 spiro atoms. The lowest BCUT2D eigenvalue weighted by Gasteiger charge is -2.10. The third-order valence-corrected chi connectivity index (χ3v) is 4.38. The lowest BCUT2D eigenvalue weighted by Crippen LogP contribution is -2.37. The highest BCUT2D eigenvalue weighted by molar-refractivity contribution is 7.84. The quantitative estimate of drug-likeness (QED) is 0.504. The monoisotopic (exact) mass is 306 g/mol. The van der Waals surface area contributed by atoms with Crippen molar-refractivity contribution in [3.8, 4) is 0 Å². The lowest BCUT2D eigenvalue weighted by atomic mass is 10.1. The summed E-state index contributed by atoms with van der Waals surface area (Å²) in [5.74, 6) is -0.759. The van der Waals surface area contributed by atoms with Crippen LogP contribution in [0.4, 0.5) is 4.79 Å². The maximum absolute atomic E-state index is 11.4. The summed E-state index contributed by atoms with van der Waals surface area (Å²) in [6.45, 7) is 3.01. The number of aliphatic carboxylic acids is 1. The van der Waals surface area contributed by atoms with E-state index in [0.717, 1.165) is 19.3 Å². The minimum absolute atomic E-state index is 0.0875. The molecule has 0 aliphatic carbocycles. The number of carbonyl (C=O) groups is 2. The Hall–Kier alpha value is -1.11. The summed E-state index contributed by atoms with van der Waals surface area (Å²) in [5, 5.41) is 14.0. The van der Waals surface area contributed by atoms with E-state index in [1.54, 1.807) is 6.26 Å². The Labute approximate surface area is 123 Å². The van der Waals surface area contributed by atoms with Gasteiger partial charge < -0.3 is 15.7 Å². The highest BCUT2D eigenvalue weighted by atomic mass is 32.2. The van der Waals surface area contributed by atoms with Crippen molar-refractivity contribution >= 4 is 22.8 Å². The Bertz CT molecular complexity index is 323. The zero-order chi connectivity index (χ0) is 15.4. The van der Waals surface area contributed by atoms with E-state index in [0.29, 0.717) is 25.9 Å². The van der Waals surface area contributed by atoms with Gasteiger partial charge in [0.1, 0.15) is 0 Å². The van der Waals surface area contributed by atoms with Crippen molar-refractivity contribution in [2.45, 2.75) is 50.7 Å². The van der Waals surface area contributed by atoms with Gasteiger partial charge in [-0.05, 0) is 19.3 Å². The second-order valence-corrected chi connectivity index (χ2v) is 6.64. The molecule has 0 aromatic heterocycles. The molecule has 2 atom stereocenters. The fraction of sp³-hybridized carbons (Fsp3) is 0.846. The number of rotatable bonds is 11. The fourth-order valence-corrected chi connectivity index (χ4v) is 2.02. The number of carbonyl (C=O) groups excluding carboxylic acids is 1. The third-order valence-electron chi connectivity index (χ3n) is 3.01. The normalized spacial score (nSPS) is 13.5. The Morgan fingerprint density at radius 2 is 1.70 bits per heavy atom. The molecule has 0 aromatic carbocycles. The van der Waals surface area contributed by atoms with Gasteiger partial charge in [-0.15, -0.1) is 0 Å². The lowest BCUT2D eigenvalue weighted by molar-refractivity contribution is -0.137. The summed E-state index contributed by atoms with van der Waals surface area (Å²) >= 11 is 0. The Balaban J connectivity index is 3.37. The number of hydrogen-bond acceptors (Lipinski definition) is 3. The van der Waals surface area contributed by atoms with Gasteiger partial charge in [-0.25, -0.2) is 4.79 Å². The van der Waals surface area contributed by atoms with Gasteiger partial charge in [-0.3, -0.25) is 9.00 Å². The molecule has 0 aliphatic rings. The first-order valence-electron chi connectivity index (χ1n) is 6.99. The van der Waals surface area contributed by atoms with E-state index in [1.165, 1.54) is 0 Å². The Kier molecular flexibility index (Phi) is 11.0. The van der Waals surface area contributed by atoms with E-state index in [1.807, 2.05) is 6.92 Å². The highest BCUT2D eigenvalue weighted by Gasteiger charge is 2.06. The van der Waals surface area contributed by atoms with Gasteiger partial charge in [0.2, 0.25) is 0 Å². The maximum atomic E-state index is 11.4. The van der Waals surface area contributed by atoms with Crippen LogP contribution in [0.15, 0.2) is 0 Å². The van der Waals surface area contributed by atoms with E-state index in [2.05, 4.69) is 10.6 Å². The van der Waals surface area contributed by atoms with Crippen LogP contribution < -0.4 is 10.6 Å². The minimum atomic E-state index is -0.852. The molecular weight excluding hydrogens is 280 g/mol. The summed E-state index contributed by atoms with van der Waals surface area (Å²) in [7, 11) is -0.852. The van der Waals surface area contributed by atoms with E-state index < -0.39 is 16.8 Å². The first kappa shape index (κ1) is 18.9. The number of nitrogens with one attached hydrogen (secondary N) is 2.